The summed E-state index contributed by atoms with van der Waals surface area (Å²) in [6, 6.07) is 8.20. The molecule has 2 aliphatic rings. The van der Waals surface area contributed by atoms with E-state index in [9.17, 15) is 0 Å². The zero-order valence-corrected chi connectivity index (χ0v) is 10.3. The van der Waals surface area contributed by atoms with E-state index in [1.54, 1.807) is 13.4 Å². The maximum absolute atomic E-state index is 5.54. The van der Waals surface area contributed by atoms with Gasteiger partial charge in [-0.15, -0.1) is 0 Å². The summed E-state index contributed by atoms with van der Waals surface area (Å²) in [7, 11) is 1.68. The molecule has 0 spiro atoms. The Kier molecular flexibility index (Phi) is 3.07. The molecule has 0 radical (unpaired) electrons. The van der Waals surface area contributed by atoms with E-state index in [-0.39, 0.29) is 0 Å². The van der Waals surface area contributed by atoms with Crippen LogP contribution in [0.4, 0.5) is 0 Å². The molecule has 0 saturated carbocycles. The monoisotopic (exact) mass is 244 g/mol. The van der Waals surface area contributed by atoms with Crippen molar-refractivity contribution in [3.63, 3.8) is 0 Å². The van der Waals surface area contributed by atoms with Crippen LogP contribution in [0.2, 0.25) is 0 Å². The van der Waals surface area contributed by atoms with Gasteiger partial charge in [0.05, 0.1) is 32.8 Å². The van der Waals surface area contributed by atoms with Crippen molar-refractivity contribution in [1.82, 2.24) is 0 Å². The van der Waals surface area contributed by atoms with Gasteiger partial charge in [0.2, 0.25) is 0 Å². The Hall–Kier alpha value is -1.74. The molecule has 0 N–H and O–H groups in total. The molecule has 3 nitrogen and oxygen atoms in total. The Labute approximate surface area is 107 Å². The molecule has 1 saturated heterocycles. The summed E-state index contributed by atoms with van der Waals surface area (Å²) in [5, 5.41) is 0. The second-order valence-electron chi connectivity index (χ2n) is 4.58. The second kappa shape index (κ2) is 4.86. The largest absolute Gasteiger partial charge is 0.497 e. The Balaban J connectivity index is 1.91. The maximum Gasteiger partial charge on any atom is 0.118 e. The summed E-state index contributed by atoms with van der Waals surface area (Å²) in [6.07, 6.45) is 5.68. The molecule has 2 aliphatic heterocycles. The molecule has 0 aliphatic carbocycles. The van der Waals surface area contributed by atoms with Crippen LogP contribution in [0, 0.1) is 5.92 Å². The van der Waals surface area contributed by atoms with E-state index in [4.69, 9.17) is 14.2 Å². The fraction of sp³-hybridized carbons (Fsp3) is 0.333. The van der Waals surface area contributed by atoms with Gasteiger partial charge in [-0.05, 0) is 29.3 Å². The van der Waals surface area contributed by atoms with Crippen molar-refractivity contribution in [1.29, 1.82) is 0 Å². The number of hydrogen-bond donors (Lipinski definition) is 0. The molecule has 0 aromatic heterocycles. The van der Waals surface area contributed by atoms with Gasteiger partial charge >= 0.3 is 0 Å². The van der Waals surface area contributed by atoms with Crippen molar-refractivity contribution >= 4 is 0 Å². The lowest BCUT2D eigenvalue weighted by molar-refractivity contribution is 0.184. The van der Waals surface area contributed by atoms with E-state index < -0.39 is 0 Å². The Morgan fingerprint density at radius 3 is 2.83 bits per heavy atom. The number of fused-ring (bicyclic) bond motifs is 1. The van der Waals surface area contributed by atoms with Crippen molar-refractivity contribution in [3.05, 3.63) is 54.0 Å². The number of hydrogen-bond acceptors (Lipinski definition) is 3. The van der Waals surface area contributed by atoms with Crippen LogP contribution >= 0.6 is 0 Å². The first kappa shape index (κ1) is 11.4. The summed E-state index contributed by atoms with van der Waals surface area (Å²) in [5.74, 6) is 1.58. The van der Waals surface area contributed by atoms with Crippen LogP contribution in [0.1, 0.15) is 11.5 Å². The van der Waals surface area contributed by atoms with Crippen LogP contribution in [-0.2, 0) is 9.47 Å². The molecular formula is C15H16O3. The molecule has 2 atom stereocenters. The van der Waals surface area contributed by atoms with Crippen LogP contribution in [0.5, 0.6) is 5.75 Å². The first-order valence-electron chi connectivity index (χ1n) is 6.11. The van der Waals surface area contributed by atoms with Gasteiger partial charge in [0, 0.05) is 11.8 Å². The summed E-state index contributed by atoms with van der Waals surface area (Å²) < 4.78 is 16.1. The topological polar surface area (TPSA) is 27.7 Å². The van der Waals surface area contributed by atoms with Crippen LogP contribution in [0.15, 0.2) is 48.4 Å². The van der Waals surface area contributed by atoms with Crippen molar-refractivity contribution in [2.75, 3.05) is 20.3 Å². The number of allylic oxidation sites excluding steroid dienone is 1. The van der Waals surface area contributed by atoms with Crippen molar-refractivity contribution in [3.8, 4) is 5.75 Å². The van der Waals surface area contributed by atoms with Gasteiger partial charge in [-0.3, -0.25) is 0 Å². The minimum Gasteiger partial charge on any atom is -0.497 e. The highest BCUT2D eigenvalue weighted by Gasteiger charge is 2.31. The molecule has 1 aromatic carbocycles. The normalized spacial score (nSPS) is 25.9. The van der Waals surface area contributed by atoms with Gasteiger partial charge in [-0.25, -0.2) is 0 Å². The fourth-order valence-corrected chi connectivity index (χ4v) is 2.53. The van der Waals surface area contributed by atoms with E-state index >= 15 is 0 Å². The summed E-state index contributed by atoms with van der Waals surface area (Å²) in [5.41, 5.74) is 2.50. The summed E-state index contributed by atoms with van der Waals surface area (Å²) >= 11 is 0. The van der Waals surface area contributed by atoms with Crippen LogP contribution in [0.25, 0.3) is 0 Å². The summed E-state index contributed by atoms with van der Waals surface area (Å²) in [4.78, 5) is 0. The number of rotatable bonds is 2. The zero-order valence-electron chi connectivity index (χ0n) is 10.3. The van der Waals surface area contributed by atoms with Gasteiger partial charge in [0.1, 0.15) is 5.75 Å². The molecule has 18 heavy (non-hydrogen) atoms. The zero-order chi connectivity index (χ0) is 12.4. The highest BCUT2D eigenvalue weighted by molar-refractivity contribution is 5.34. The van der Waals surface area contributed by atoms with Gasteiger partial charge < -0.3 is 14.2 Å². The molecule has 94 valence electrons. The third-order valence-corrected chi connectivity index (χ3v) is 3.56. The molecule has 1 aromatic rings. The minimum atomic E-state index is 0.312. The van der Waals surface area contributed by atoms with Crippen LogP contribution in [-0.4, -0.2) is 20.3 Å². The number of ether oxygens (including phenoxy) is 3. The van der Waals surface area contributed by atoms with Crippen LogP contribution in [0.3, 0.4) is 0 Å². The Morgan fingerprint density at radius 2 is 2.06 bits per heavy atom. The van der Waals surface area contributed by atoms with Gasteiger partial charge in [-0.2, -0.15) is 0 Å². The molecule has 1 fully saturated rings. The average molecular weight is 244 g/mol. The first-order valence-corrected chi connectivity index (χ1v) is 6.11. The molecule has 3 heteroatoms. The second-order valence-corrected chi connectivity index (χ2v) is 4.58. The summed E-state index contributed by atoms with van der Waals surface area (Å²) in [6.45, 7) is 1.44. The van der Waals surface area contributed by atoms with E-state index in [1.807, 2.05) is 18.4 Å². The van der Waals surface area contributed by atoms with Crippen molar-refractivity contribution in [2.24, 2.45) is 5.92 Å². The lowest BCUT2D eigenvalue weighted by atomic mass is 9.83. The third kappa shape index (κ3) is 2.02. The minimum absolute atomic E-state index is 0.312. The van der Waals surface area contributed by atoms with Gasteiger partial charge in [0.15, 0.2) is 0 Å². The highest BCUT2D eigenvalue weighted by Crippen LogP contribution is 2.37. The maximum atomic E-state index is 5.54. The smallest absolute Gasteiger partial charge is 0.118 e. The van der Waals surface area contributed by atoms with Crippen LogP contribution < -0.4 is 4.74 Å². The lowest BCUT2D eigenvalue weighted by Crippen LogP contribution is -2.12. The van der Waals surface area contributed by atoms with Crippen molar-refractivity contribution < 1.29 is 14.2 Å². The molecular weight excluding hydrogens is 228 g/mol. The lowest BCUT2D eigenvalue weighted by Gasteiger charge is -2.19. The number of benzene rings is 1. The number of methoxy groups -OCH3 is 1. The fourth-order valence-electron chi connectivity index (χ4n) is 2.53. The van der Waals surface area contributed by atoms with Gasteiger partial charge in [0.25, 0.3) is 0 Å². The van der Waals surface area contributed by atoms with Crippen molar-refractivity contribution in [2.45, 2.75) is 5.92 Å². The van der Waals surface area contributed by atoms with E-state index in [1.165, 1.54) is 11.1 Å². The first-order chi connectivity index (χ1) is 8.88. The molecule has 0 amide bonds. The molecule has 0 bridgehead atoms. The Morgan fingerprint density at radius 1 is 1.22 bits per heavy atom. The van der Waals surface area contributed by atoms with E-state index in [0.29, 0.717) is 18.4 Å². The van der Waals surface area contributed by atoms with E-state index in [0.717, 1.165) is 12.4 Å². The molecule has 3 rings (SSSR count). The predicted molar refractivity (Wildman–Crippen MR) is 68.4 cm³/mol. The standard InChI is InChI=1S/C15H16O3/c1-16-13-4-2-11(3-5-13)14-6-7-17-8-12-9-18-10-15(12)14/h2-8,14-15H,9-10H2,1H3/t14-,15+/m0/s1. The third-order valence-electron chi connectivity index (χ3n) is 3.56. The van der Waals surface area contributed by atoms with E-state index in [2.05, 4.69) is 18.2 Å². The quantitative estimate of drug-likeness (QED) is 0.800. The van der Waals surface area contributed by atoms with Gasteiger partial charge in [-0.1, -0.05) is 12.1 Å². The molecule has 0 unspecified atom stereocenters. The molecule has 2 heterocycles. The highest BCUT2D eigenvalue weighted by atomic mass is 16.5. The predicted octanol–water partition coefficient (Wildman–Crippen LogP) is 2.85. The SMILES string of the molecule is COc1ccc([C@@H]2C=COC=C3COC[C@H]32)cc1. The average Bonchev–Trinajstić information content (AvgIpc) is 2.79. The Bertz CT molecular complexity index is 473.